The van der Waals surface area contributed by atoms with Crippen LogP contribution in [0.1, 0.15) is 36.3 Å². The van der Waals surface area contributed by atoms with Gasteiger partial charge in [0, 0.05) is 38.9 Å². The van der Waals surface area contributed by atoms with Crippen LogP contribution < -0.4 is 4.90 Å². The quantitative estimate of drug-likeness (QED) is 0.507. The Morgan fingerprint density at radius 3 is 2.77 bits per heavy atom. The Kier molecular flexibility index (Phi) is 8.43. The highest BCUT2D eigenvalue weighted by Gasteiger charge is 2.24. The first-order chi connectivity index (χ1) is 14.7. The molecule has 1 aromatic carbocycles. The highest BCUT2D eigenvalue weighted by Crippen LogP contribution is 2.31. The third-order valence-corrected chi connectivity index (χ3v) is 6.56. The average molecular weight is 464 g/mol. The summed E-state index contributed by atoms with van der Waals surface area (Å²) < 4.78 is 8.31. The highest BCUT2D eigenvalue weighted by molar-refractivity contribution is 7.22. The van der Waals surface area contributed by atoms with E-state index in [0.717, 1.165) is 61.0 Å². The molecule has 1 aliphatic rings. The summed E-state index contributed by atoms with van der Waals surface area (Å²) in [6.07, 6.45) is 3.57. The van der Waals surface area contributed by atoms with Gasteiger partial charge in [-0.2, -0.15) is 5.10 Å². The van der Waals surface area contributed by atoms with Crippen molar-refractivity contribution in [2.45, 2.75) is 33.2 Å². The number of carbonyl (C=O) groups is 1. The predicted molar refractivity (Wildman–Crippen MR) is 128 cm³/mol. The van der Waals surface area contributed by atoms with Gasteiger partial charge in [-0.25, -0.2) is 4.98 Å². The van der Waals surface area contributed by atoms with Gasteiger partial charge in [0.05, 0.1) is 23.4 Å². The van der Waals surface area contributed by atoms with Crippen molar-refractivity contribution in [1.29, 1.82) is 0 Å². The second-order valence-corrected chi connectivity index (χ2v) is 8.46. The minimum atomic E-state index is -0.0360. The lowest BCUT2D eigenvalue weighted by Gasteiger charge is -2.27. The second kappa shape index (κ2) is 11.0. The van der Waals surface area contributed by atoms with Crippen molar-refractivity contribution in [1.82, 2.24) is 19.7 Å². The first-order valence-electron chi connectivity index (χ1n) is 10.7. The number of halogens is 1. The minimum absolute atomic E-state index is 0. The summed E-state index contributed by atoms with van der Waals surface area (Å²) in [4.78, 5) is 22.5. The number of carbonyl (C=O) groups excluding carboxylic acids is 1. The number of morpholine rings is 1. The van der Waals surface area contributed by atoms with Gasteiger partial charge >= 0.3 is 0 Å². The van der Waals surface area contributed by atoms with Crippen LogP contribution >= 0.6 is 23.7 Å². The summed E-state index contributed by atoms with van der Waals surface area (Å²) in [6.45, 7) is 9.87. The third kappa shape index (κ3) is 5.44. The molecular formula is C22H30ClN5O2S. The molecule has 0 saturated carbocycles. The molecule has 0 unspecified atom stereocenters. The molecule has 7 nitrogen and oxygen atoms in total. The molecule has 0 bridgehead atoms. The van der Waals surface area contributed by atoms with Gasteiger partial charge in [-0.3, -0.25) is 19.3 Å². The Balaban J connectivity index is 0.00000272. The van der Waals surface area contributed by atoms with E-state index in [9.17, 15) is 4.79 Å². The Hall–Kier alpha value is -2.00. The van der Waals surface area contributed by atoms with Crippen LogP contribution in [0.2, 0.25) is 0 Å². The Bertz CT molecular complexity index is 999. The minimum Gasteiger partial charge on any atom is -0.379 e. The number of aryl methyl sites for hydroxylation is 2. The van der Waals surface area contributed by atoms with Crippen LogP contribution in [0.25, 0.3) is 10.2 Å². The number of anilines is 1. The maximum atomic E-state index is 13.5. The van der Waals surface area contributed by atoms with Gasteiger partial charge in [-0.05, 0) is 43.5 Å². The third-order valence-electron chi connectivity index (χ3n) is 5.52. The molecule has 168 valence electrons. The normalized spacial score (nSPS) is 14.5. The van der Waals surface area contributed by atoms with Crippen LogP contribution in [0.15, 0.2) is 30.5 Å². The van der Waals surface area contributed by atoms with Crippen molar-refractivity contribution in [3.8, 4) is 0 Å². The number of fused-ring (bicyclic) bond motifs is 1. The fraction of sp³-hybridized carbons (Fsp3) is 0.500. The Morgan fingerprint density at radius 1 is 1.23 bits per heavy atom. The lowest BCUT2D eigenvalue weighted by molar-refractivity contribution is 0.0376. The highest BCUT2D eigenvalue weighted by atomic mass is 35.5. The zero-order chi connectivity index (χ0) is 20.9. The number of aromatic nitrogens is 3. The van der Waals surface area contributed by atoms with Crippen molar-refractivity contribution < 1.29 is 9.53 Å². The standard InChI is InChI=1S/C22H29N5O2S.ClH/c1-3-17-6-7-18-20(16-17)30-22(24-18)26(11-5-10-25-12-14-29-15-13-25)21(28)19-8-9-23-27(19)4-2;/h6-9,16H,3-5,10-15H2,1-2H3;1H. The Morgan fingerprint density at radius 2 is 2.03 bits per heavy atom. The molecule has 4 rings (SSSR count). The zero-order valence-corrected chi connectivity index (χ0v) is 19.8. The van der Waals surface area contributed by atoms with E-state index in [0.29, 0.717) is 18.8 Å². The van der Waals surface area contributed by atoms with Crippen LogP contribution in [0.3, 0.4) is 0 Å². The van der Waals surface area contributed by atoms with Crippen LogP contribution in [0, 0.1) is 0 Å². The largest absolute Gasteiger partial charge is 0.379 e. The van der Waals surface area contributed by atoms with Crippen molar-refractivity contribution >= 4 is 45.0 Å². The molecule has 3 aromatic rings. The maximum Gasteiger partial charge on any atom is 0.278 e. The number of rotatable bonds is 8. The molecular weight excluding hydrogens is 434 g/mol. The van der Waals surface area contributed by atoms with Crippen LogP contribution in [0.4, 0.5) is 5.13 Å². The summed E-state index contributed by atoms with van der Waals surface area (Å²) in [5.41, 5.74) is 2.84. The number of benzene rings is 1. The fourth-order valence-electron chi connectivity index (χ4n) is 3.76. The first-order valence-corrected chi connectivity index (χ1v) is 11.5. The number of ether oxygens (including phenoxy) is 1. The molecule has 0 aliphatic carbocycles. The summed E-state index contributed by atoms with van der Waals surface area (Å²) in [5.74, 6) is -0.0360. The van der Waals surface area contributed by atoms with Gasteiger partial charge in [0.2, 0.25) is 0 Å². The van der Waals surface area contributed by atoms with Crippen molar-refractivity contribution in [3.05, 3.63) is 41.7 Å². The number of amides is 1. The monoisotopic (exact) mass is 463 g/mol. The average Bonchev–Trinajstić information content (AvgIpc) is 3.43. The molecule has 1 fully saturated rings. The number of thiazole rings is 1. The number of nitrogens with zero attached hydrogens (tertiary/aromatic N) is 5. The van der Waals surface area contributed by atoms with E-state index < -0.39 is 0 Å². The maximum absolute atomic E-state index is 13.5. The van der Waals surface area contributed by atoms with E-state index >= 15 is 0 Å². The summed E-state index contributed by atoms with van der Waals surface area (Å²) in [6, 6.07) is 8.15. The molecule has 1 saturated heterocycles. The molecule has 3 heterocycles. The van der Waals surface area contributed by atoms with Crippen LogP contribution in [-0.2, 0) is 17.7 Å². The van der Waals surface area contributed by atoms with E-state index in [1.165, 1.54) is 5.56 Å². The SMILES string of the molecule is CCc1ccc2nc(N(CCCN3CCOCC3)C(=O)c3ccnn3CC)sc2c1.Cl. The molecule has 0 radical (unpaired) electrons. The summed E-state index contributed by atoms with van der Waals surface area (Å²) in [5, 5.41) is 5.04. The molecule has 2 aromatic heterocycles. The van der Waals surface area contributed by atoms with Crippen molar-refractivity contribution in [3.63, 3.8) is 0 Å². The Labute approximate surface area is 193 Å². The molecule has 1 aliphatic heterocycles. The topological polar surface area (TPSA) is 63.5 Å². The molecule has 0 N–H and O–H groups in total. The van der Waals surface area contributed by atoms with E-state index in [-0.39, 0.29) is 18.3 Å². The van der Waals surface area contributed by atoms with E-state index in [1.54, 1.807) is 28.3 Å². The summed E-state index contributed by atoms with van der Waals surface area (Å²) in [7, 11) is 0. The molecule has 9 heteroatoms. The lowest BCUT2D eigenvalue weighted by atomic mass is 10.2. The molecule has 0 spiro atoms. The molecule has 31 heavy (non-hydrogen) atoms. The molecule has 0 atom stereocenters. The van der Waals surface area contributed by atoms with Crippen molar-refractivity contribution in [2.24, 2.45) is 0 Å². The zero-order valence-electron chi connectivity index (χ0n) is 18.1. The smallest absolute Gasteiger partial charge is 0.278 e. The van der Waals surface area contributed by atoms with Crippen LogP contribution in [-0.4, -0.2) is 65.0 Å². The van der Waals surface area contributed by atoms with Gasteiger partial charge in [-0.1, -0.05) is 24.3 Å². The van der Waals surface area contributed by atoms with Gasteiger partial charge in [0.1, 0.15) is 5.69 Å². The van der Waals surface area contributed by atoms with Gasteiger partial charge < -0.3 is 4.74 Å². The van der Waals surface area contributed by atoms with Crippen LogP contribution in [0.5, 0.6) is 0 Å². The van der Waals surface area contributed by atoms with E-state index in [1.807, 2.05) is 11.8 Å². The number of hydrogen-bond donors (Lipinski definition) is 0. The summed E-state index contributed by atoms with van der Waals surface area (Å²) >= 11 is 1.59. The number of hydrogen-bond acceptors (Lipinski definition) is 6. The molecule has 1 amide bonds. The predicted octanol–water partition coefficient (Wildman–Crippen LogP) is 3.87. The lowest BCUT2D eigenvalue weighted by Crippen LogP contribution is -2.39. The van der Waals surface area contributed by atoms with Gasteiger partial charge in [-0.15, -0.1) is 12.4 Å². The van der Waals surface area contributed by atoms with E-state index in [2.05, 4.69) is 35.1 Å². The van der Waals surface area contributed by atoms with Crippen molar-refractivity contribution in [2.75, 3.05) is 44.3 Å². The van der Waals surface area contributed by atoms with Gasteiger partial charge in [0.15, 0.2) is 5.13 Å². The second-order valence-electron chi connectivity index (χ2n) is 7.45. The van der Waals surface area contributed by atoms with E-state index in [4.69, 9.17) is 9.72 Å². The first kappa shape index (κ1) is 23.7. The fourth-order valence-corrected chi connectivity index (χ4v) is 4.81. The van der Waals surface area contributed by atoms with Gasteiger partial charge in [0.25, 0.3) is 5.91 Å².